The molecule has 0 bridgehead atoms. The van der Waals surface area contributed by atoms with Crippen molar-refractivity contribution in [2.75, 3.05) is 0 Å². The van der Waals surface area contributed by atoms with Crippen molar-refractivity contribution in [1.82, 2.24) is 4.57 Å². The molecule has 0 saturated carbocycles. The van der Waals surface area contributed by atoms with Gasteiger partial charge >= 0.3 is 0 Å². The number of benzene rings is 10. The first-order valence-electron chi connectivity index (χ1n) is 21.7. The Hall–Kier alpha value is -7.94. The highest BCUT2D eigenvalue weighted by atomic mass is 16.3. The van der Waals surface area contributed by atoms with E-state index in [1.54, 1.807) is 0 Å². The van der Waals surface area contributed by atoms with Crippen LogP contribution in [0, 0.1) is 0 Å². The molecule has 2 spiro atoms. The van der Waals surface area contributed by atoms with Gasteiger partial charge < -0.3 is 8.98 Å². The lowest BCUT2D eigenvalue weighted by atomic mass is 9.52. The van der Waals surface area contributed by atoms with Gasteiger partial charge in [0.2, 0.25) is 0 Å². The SMILES string of the molecule is c1ccc2c(c1)-c1ccccc1C21c2ccccc2C2(c3ccccc3-c3cc4c5ccc6ccccc6c5n(-c5ccc6oc7ccccc7c6c5)c4cc32)c2ccccc21. The summed E-state index contributed by atoms with van der Waals surface area (Å²) in [5.41, 5.74) is 20.3. The van der Waals surface area contributed by atoms with E-state index in [1.807, 2.05) is 6.07 Å². The van der Waals surface area contributed by atoms with Gasteiger partial charge in [0.05, 0.1) is 21.9 Å². The zero-order valence-corrected chi connectivity index (χ0v) is 33.6. The lowest BCUT2D eigenvalue weighted by molar-refractivity contribution is 0.633. The minimum absolute atomic E-state index is 0.482. The molecule has 2 heteroatoms. The van der Waals surface area contributed by atoms with E-state index < -0.39 is 10.8 Å². The molecule has 12 aromatic rings. The zero-order chi connectivity index (χ0) is 40.3. The van der Waals surface area contributed by atoms with Gasteiger partial charge in [0.15, 0.2) is 0 Å². The number of para-hydroxylation sites is 1. The van der Waals surface area contributed by atoms with Crippen molar-refractivity contribution in [3.05, 3.63) is 257 Å². The maximum absolute atomic E-state index is 6.38. The summed E-state index contributed by atoms with van der Waals surface area (Å²) in [5.74, 6) is 0. The summed E-state index contributed by atoms with van der Waals surface area (Å²) < 4.78 is 8.92. The van der Waals surface area contributed by atoms with Gasteiger partial charge in [0, 0.05) is 32.6 Å². The van der Waals surface area contributed by atoms with E-state index in [1.165, 1.54) is 99.3 Å². The summed E-state index contributed by atoms with van der Waals surface area (Å²) in [6.45, 7) is 0. The fourth-order valence-electron chi connectivity index (χ4n) is 12.6. The van der Waals surface area contributed by atoms with Crippen LogP contribution < -0.4 is 0 Å². The molecule has 3 aliphatic rings. The number of rotatable bonds is 1. The van der Waals surface area contributed by atoms with Gasteiger partial charge in [-0.3, -0.25) is 0 Å². The fourth-order valence-corrected chi connectivity index (χ4v) is 12.6. The van der Waals surface area contributed by atoms with Crippen LogP contribution >= 0.6 is 0 Å². The van der Waals surface area contributed by atoms with Crippen LogP contribution in [-0.4, -0.2) is 4.57 Å². The maximum Gasteiger partial charge on any atom is 0.135 e. The van der Waals surface area contributed by atoms with Crippen molar-refractivity contribution in [3.63, 3.8) is 0 Å². The van der Waals surface area contributed by atoms with Crippen molar-refractivity contribution >= 4 is 54.5 Å². The van der Waals surface area contributed by atoms with Crippen molar-refractivity contribution in [2.45, 2.75) is 10.8 Å². The number of fused-ring (bicyclic) bond motifs is 24. The third kappa shape index (κ3) is 3.72. The molecule has 2 aromatic heterocycles. The monoisotopic (exact) mass is 785 g/mol. The van der Waals surface area contributed by atoms with E-state index in [2.05, 4.69) is 211 Å². The topological polar surface area (TPSA) is 18.1 Å². The lowest BCUT2D eigenvalue weighted by Crippen LogP contribution is -2.43. The standard InChI is InChI=1S/C60H35NO/c1-2-16-38-36(15-1)29-31-43-45-34-44-41-19-5-9-23-49(41)60(54(44)35-55(45)61(58(38)43)37-30-32-57-46(33-37)42-20-6-14-28-56(42)62-57)52-26-12-10-24-50(52)59(51-25-11-13-27-53(51)60)47-21-7-3-17-39(47)40-18-4-8-22-48(40)59/h1-35H. The first-order chi connectivity index (χ1) is 30.8. The Balaban J connectivity index is 1.12. The van der Waals surface area contributed by atoms with Crippen LogP contribution in [0.2, 0.25) is 0 Å². The second kappa shape index (κ2) is 11.5. The summed E-state index contributed by atoms with van der Waals surface area (Å²) in [6.07, 6.45) is 0. The van der Waals surface area contributed by atoms with Gasteiger partial charge in [-0.05, 0) is 109 Å². The van der Waals surface area contributed by atoms with E-state index in [9.17, 15) is 0 Å². The molecule has 3 aliphatic carbocycles. The summed E-state index contributed by atoms with van der Waals surface area (Å²) in [6, 6.07) is 79.9. The van der Waals surface area contributed by atoms with Gasteiger partial charge in [0.1, 0.15) is 11.2 Å². The Morgan fingerprint density at radius 2 is 0.806 bits per heavy atom. The molecule has 0 N–H and O–H groups in total. The Labute approximate surface area is 357 Å². The van der Waals surface area contributed by atoms with Gasteiger partial charge in [0.25, 0.3) is 0 Å². The summed E-state index contributed by atoms with van der Waals surface area (Å²) in [4.78, 5) is 0. The average molecular weight is 786 g/mol. The summed E-state index contributed by atoms with van der Waals surface area (Å²) in [7, 11) is 0. The van der Waals surface area contributed by atoms with Crippen molar-refractivity contribution in [3.8, 4) is 27.9 Å². The largest absolute Gasteiger partial charge is 0.456 e. The van der Waals surface area contributed by atoms with Gasteiger partial charge in [-0.25, -0.2) is 0 Å². The maximum atomic E-state index is 6.38. The number of nitrogens with zero attached hydrogens (tertiary/aromatic N) is 1. The molecule has 0 radical (unpaired) electrons. The van der Waals surface area contributed by atoms with Gasteiger partial charge in [-0.2, -0.15) is 0 Å². The molecular weight excluding hydrogens is 751 g/mol. The molecule has 0 aliphatic heterocycles. The van der Waals surface area contributed by atoms with Crippen LogP contribution in [0.3, 0.4) is 0 Å². The predicted molar refractivity (Wildman–Crippen MR) is 254 cm³/mol. The molecular formula is C60H35NO. The van der Waals surface area contributed by atoms with E-state index in [4.69, 9.17) is 4.42 Å². The number of hydrogen-bond acceptors (Lipinski definition) is 1. The Kier molecular flexibility index (Phi) is 6.07. The van der Waals surface area contributed by atoms with Gasteiger partial charge in [-0.1, -0.05) is 176 Å². The van der Waals surface area contributed by atoms with E-state index in [-0.39, 0.29) is 0 Å². The number of hydrogen-bond donors (Lipinski definition) is 0. The Morgan fingerprint density at radius 3 is 1.45 bits per heavy atom. The highest BCUT2D eigenvalue weighted by Crippen LogP contribution is 2.67. The van der Waals surface area contributed by atoms with Crippen LogP contribution in [-0.2, 0) is 10.8 Å². The second-order valence-corrected chi connectivity index (χ2v) is 17.4. The first kappa shape index (κ1) is 32.9. The molecule has 2 nitrogen and oxygen atoms in total. The Morgan fingerprint density at radius 1 is 0.306 bits per heavy atom. The highest BCUT2D eigenvalue weighted by Gasteiger charge is 2.59. The molecule has 0 amide bonds. The van der Waals surface area contributed by atoms with Crippen molar-refractivity contribution < 1.29 is 4.42 Å². The molecule has 62 heavy (non-hydrogen) atoms. The molecule has 0 atom stereocenters. The molecule has 0 unspecified atom stereocenters. The normalized spacial score (nSPS) is 14.7. The van der Waals surface area contributed by atoms with Crippen LogP contribution in [0.5, 0.6) is 0 Å². The third-order valence-corrected chi connectivity index (χ3v) is 14.9. The molecule has 10 aromatic carbocycles. The number of furan rings is 1. The van der Waals surface area contributed by atoms with Crippen LogP contribution in [0.25, 0.3) is 82.5 Å². The molecule has 15 rings (SSSR count). The predicted octanol–water partition coefficient (Wildman–Crippen LogP) is 14.9. The minimum atomic E-state index is -0.584. The first-order valence-corrected chi connectivity index (χ1v) is 21.7. The van der Waals surface area contributed by atoms with Crippen molar-refractivity contribution in [1.29, 1.82) is 0 Å². The molecule has 0 fully saturated rings. The quantitative estimate of drug-likeness (QED) is 0.162. The third-order valence-electron chi connectivity index (χ3n) is 14.9. The van der Waals surface area contributed by atoms with Crippen LogP contribution in [0.1, 0.15) is 44.5 Å². The lowest BCUT2D eigenvalue weighted by Gasteiger charge is -2.48. The Bertz CT molecular complexity index is 3860. The highest BCUT2D eigenvalue weighted by molar-refractivity contribution is 6.20. The molecule has 286 valence electrons. The number of aromatic nitrogens is 1. The van der Waals surface area contributed by atoms with E-state index in [0.717, 1.165) is 27.6 Å². The van der Waals surface area contributed by atoms with E-state index >= 15 is 0 Å². The van der Waals surface area contributed by atoms with Crippen LogP contribution in [0.15, 0.2) is 217 Å². The molecule has 0 saturated heterocycles. The van der Waals surface area contributed by atoms with Crippen LogP contribution in [0.4, 0.5) is 0 Å². The summed E-state index contributed by atoms with van der Waals surface area (Å²) in [5, 5.41) is 7.22. The average Bonchev–Trinajstić information content (AvgIpc) is 4.05. The summed E-state index contributed by atoms with van der Waals surface area (Å²) >= 11 is 0. The van der Waals surface area contributed by atoms with Gasteiger partial charge in [-0.15, -0.1) is 0 Å². The van der Waals surface area contributed by atoms with E-state index in [0.29, 0.717) is 0 Å². The minimum Gasteiger partial charge on any atom is -0.456 e. The smallest absolute Gasteiger partial charge is 0.135 e. The zero-order valence-electron chi connectivity index (χ0n) is 33.6. The fraction of sp³-hybridized carbons (Fsp3) is 0.0333. The molecule has 2 heterocycles. The van der Waals surface area contributed by atoms with Crippen molar-refractivity contribution in [2.24, 2.45) is 0 Å². The second-order valence-electron chi connectivity index (χ2n) is 17.4.